The zero-order chi connectivity index (χ0) is 23.3. The van der Waals surface area contributed by atoms with E-state index < -0.39 is 17.4 Å². The van der Waals surface area contributed by atoms with Crippen LogP contribution in [-0.4, -0.2) is 48.7 Å². The van der Waals surface area contributed by atoms with Crippen LogP contribution in [0.1, 0.15) is 26.3 Å². The van der Waals surface area contributed by atoms with Crippen molar-refractivity contribution < 1.29 is 9.84 Å². The van der Waals surface area contributed by atoms with Gasteiger partial charge in [-0.05, 0) is 32.4 Å². The molecule has 1 aromatic carbocycles. The number of aromatic nitrogens is 4. The molecule has 0 aliphatic heterocycles. The van der Waals surface area contributed by atoms with Crippen LogP contribution in [0.3, 0.4) is 0 Å². The third kappa shape index (κ3) is 5.59. The van der Waals surface area contributed by atoms with Gasteiger partial charge < -0.3 is 14.4 Å². The number of hydrazone groups is 1. The first kappa shape index (κ1) is 23.2. The summed E-state index contributed by atoms with van der Waals surface area (Å²) in [5.74, 6) is 0.225. The molecule has 0 amide bonds. The summed E-state index contributed by atoms with van der Waals surface area (Å²) in [6.45, 7) is 5.66. The highest BCUT2D eigenvalue weighted by atomic mass is 16.5. The third-order valence-corrected chi connectivity index (χ3v) is 4.67. The van der Waals surface area contributed by atoms with Gasteiger partial charge in [0.1, 0.15) is 0 Å². The van der Waals surface area contributed by atoms with Crippen LogP contribution in [-0.2, 0) is 18.3 Å². The number of nitrogens with one attached hydrogen (secondary N) is 2. The Balaban J connectivity index is 1.93. The molecule has 2 aromatic heterocycles. The highest BCUT2D eigenvalue weighted by Crippen LogP contribution is 2.16. The second kappa shape index (κ2) is 10.2. The molecule has 10 nitrogen and oxygen atoms in total. The Hall–Kier alpha value is -3.50. The molecular weight excluding hydrogens is 412 g/mol. The van der Waals surface area contributed by atoms with Crippen LogP contribution in [0.25, 0.3) is 17.2 Å². The average Bonchev–Trinajstić information content (AvgIpc) is 3.12. The number of nitrogens with zero attached hydrogens (tertiary/aromatic N) is 4. The van der Waals surface area contributed by atoms with Crippen molar-refractivity contribution in [3.8, 4) is 0 Å². The first-order valence-corrected chi connectivity index (χ1v) is 10.3. The van der Waals surface area contributed by atoms with Crippen LogP contribution in [0.5, 0.6) is 0 Å². The molecular formula is C22H28N6O4. The first-order valence-electron chi connectivity index (χ1n) is 10.3. The number of aromatic amines is 1. The van der Waals surface area contributed by atoms with Crippen molar-refractivity contribution in [2.75, 3.05) is 12.0 Å². The fraction of sp³-hybridized carbons (Fsp3) is 0.364. The van der Waals surface area contributed by atoms with Crippen LogP contribution in [0, 0.1) is 0 Å². The van der Waals surface area contributed by atoms with E-state index in [9.17, 15) is 14.7 Å². The number of imidazole rings is 1. The number of fused-ring (bicyclic) bond motifs is 1. The summed E-state index contributed by atoms with van der Waals surface area (Å²) < 4.78 is 8.20. The fourth-order valence-electron chi connectivity index (χ4n) is 3.02. The van der Waals surface area contributed by atoms with E-state index in [0.717, 1.165) is 5.56 Å². The Bertz CT molecular complexity index is 1240. The van der Waals surface area contributed by atoms with Gasteiger partial charge in [-0.15, -0.1) is 0 Å². The summed E-state index contributed by atoms with van der Waals surface area (Å²) in [6.07, 6.45) is 2.82. The van der Waals surface area contributed by atoms with Crippen molar-refractivity contribution in [2.24, 2.45) is 12.1 Å². The monoisotopic (exact) mass is 440 g/mol. The van der Waals surface area contributed by atoms with Crippen molar-refractivity contribution in [3.63, 3.8) is 0 Å². The molecule has 0 saturated carbocycles. The predicted octanol–water partition coefficient (Wildman–Crippen LogP) is 1.71. The molecule has 10 heteroatoms. The zero-order valence-electron chi connectivity index (χ0n) is 18.6. The lowest BCUT2D eigenvalue weighted by molar-refractivity contribution is -0.000105. The lowest BCUT2D eigenvalue weighted by Crippen LogP contribution is -2.30. The third-order valence-electron chi connectivity index (χ3n) is 4.67. The number of ether oxygens (including phenoxy) is 1. The van der Waals surface area contributed by atoms with Gasteiger partial charge in [-0.25, -0.2) is 10.2 Å². The zero-order valence-corrected chi connectivity index (χ0v) is 18.6. The molecule has 32 heavy (non-hydrogen) atoms. The highest BCUT2D eigenvalue weighted by molar-refractivity contribution is 5.96. The van der Waals surface area contributed by atoms with E-state index in [-0.39, 0.29) is 36.4 Å². The Morgan fingerprint density at radius 3 is 2.72 bits per heavy atom. The predicted molar refractivity (Wildman–Crippen MR) is 125 cm³/mol. The van der Waals surface area contributed by atoms with Gasteiger partial charge in [0.25, 0.3) is 5.56 Å². The minimum atomic E-state index is -0.893. The van der Waals surface area contributed by atoms with Gasteiger partial charge in [0, 0.05) is 7.05 Å². The molecule has 0 aliphatic rings. The number of aliphatic hydroxyl groups is 1. The molecule has 0 spiro atoms. The molecule has 1 atom stereocenters. The van der Waals surface area contributed by atoms with Crippen molar-refractivity contribution in [1.82, 2.24) is 19.1 Å². The number of hydrogen-bond acceptors (Lipinski definition) is 7. The van der Waals surface area contributed by atoms with Gasteiger partial charge in [-0.2, -0.15) is 10.1 Å². The van der Waals surface area contributed by atoms with E-state index >= 15 is 0 Å². The van der Waals surface area contributed by atoms with Gasteiger partial charge >= 0.3 is 5.69 Å². The Morgan fingerprint density at radius 1 is 1.31 bits per heavy atom. The molecule has 0 saturated heterocycles. The van der Waals surface area contributed by atoms with E-state index in [1.165, 1.54) is 16.2 Å². The summed E-state index contributed by atoms with van der Waals surface area (Å²) in [7, 11) is 1.51. The van der Waals surface area contributed by atoms with Gasteiger partial charge in [0.2, 0.25) is 5.95 Å². The molecule has 1 unspecified atom stereocenters. The number of H-pyrrole nitrogens is 1. The van der Waals surface area contributed by atoms with Gasteiger partial charge in [0.15, 0.2) is 11.2 Å². The van der Waals surface area contributed by atoms with Crippen LogP contribution < -0.4 is 16.7 Å². The molecule has 3 rings (SSSR count). The number of benzene rings is 1. The Morgan fingerprint density at radius 2 is 2.03 bits per heavy atom. The minimum Gasteiger partial charge on any atom is -0.389 e. The highest BCUT2D eigenvalue weighted by Gasteiger charge is 2.19. The van der Waals surface area contributed by atoms with Crippen molar-refractivity contribution in [1.29, 1.82) is 0 Å². The molecule has 0 bridgehead atoms. The van der Waals surface area contributed by atoms with Gasteiger partial charge in [-0.3, -0.25) is 14.3 Å². The lowest BCUT2D eigenvalue weighted by atomic mass is 10.2. The van der Waals surface area contributed by atoms with E-state index in [1.54, 1.807) is 0 Å². The molecule has 0 fully saturated rings. The van der Waals surface area contributed by atoms with Crippen LogP contribution in [0.15, 0.2) is 51.1 Å². The number of allylic oxidation sites excluding steroid dienone is 1. The van der Waals surface area contributed by atoms with E-state index in [4.69, 9.17) is 4.74 Å². The van der Waals surface area contributed by atoms with Crippen molar-refractivity contribution in [2.45, 2.75) is 39.5 Å². The average molecular weight is 441 g/mol. The minimum absolute atomic E-state index is 0.0290. The summed E-state index contributed by atoms with van der Waals surface area (Å²) in [4.78, 5) is 31.2. The number of rotatable bonds is 9. The number of aryl methyl sites for hydroxylation is 1. The largest absolute Gasteiger partial charge is 0.389 e. The second-order valence-corrected chi connectivity index (χ2v) is 7.68. The van der Waals surface area contributed by atoms with E-state index in [1.807, 2.05) is 63.3 Å². The van der Waals surface area contributed by atoms with E-state index in [0.29, 0.717) is 5.71 Å². The number of anilines is 1. The number of aliphatic hydroxyl groups excluding tert-OH is 1. The Kier molecular flexibility index (Phi) is 7.39. The van der Waals surface area contributed by atoms with Crippen molar-refractivity contribution in [3.05, 3.63) is 62.8 Å². The topological polar surface area (TPSA) is 127 Å². The SMILES string of the molecule is CC(/C=C/c1ccccc1)=N/Nc1nc2c(c(=O)[nH]c(=O)n2C)n1CC(O)COC(C)C. The van der Waals surface area contributed by atoms with Crippen LogP contribution in [0.4, 0.5) is 5.95 Å². The Labute approximate surface area is 184 Å². The molecule has 3 aromatic rings. The maximum atomic E-state index is 12.5. The fourth-order valence-corrected chi connectivity index (χ4v) is 3.02. The van der Waals surface area contributed by atoms with E-state index in [2.05, 4.69) is 20.5 Å². The maximum Gasteiger partial charge on any atom is 0.329 e. The maximum absolute atomic E-state index is 12.5. The van der Waals surface area contributed by atoms with Crippen LogP contribution >= 0.6 is 0 Å². The molecule has 2 heterocycles. The second-order valence-electron chi connectivity index (χ2n) is 7.68. The van der Waals surface area contributed by atoms with Gasteiger partial charge in [0.05, 0.1) is 31.1 Å². The molecule has 3 N–H and O–H groups in total. The normalized spacial score (nSPS) is 13.4. The molecule has 170 valence electrons. The summed E-state index contributed by atoms with van der Waals surface area (Å²) in [6, 6.07) is 9.79. The molecule has 0 aliphatic carbocycles. The number of hydrogen-bond donors (Lipinski definition) is 3. The van der Waals surface area contributed by atoms with Gasteiger partial charge in [-0.1, -0.05) is 36.4 Å². The smallest absolute Gasteiger partial charge is 0.329 e. The quantitative estimate of drug-likeness (QED) is 0.343. The summed E-state index contributed by atoms with van der Waals surface area (Å²) in [5, 5.41) is 14.7. The lowest BCUT2D eigenvalue weighted by Gasteiger charge is -2.15. The summed E-state index contributed by atoms with van der Waals surface area (Å²) >= 11 is 0. The molecule has 0 radical (unpaired) electrons. The summed E-state index contributed by atoms with van der Waals surface area (Å²) in [5.41, 5.74) is 3.72. The first-order chi connectivity index (χ1) is 15.3. The standard InChI is InChI=1S/C22H28N6O4/c1-14(2)32-13-17(29)12-28-18-19(27(4)22(31)24-20(18)30)23-21(28)26-25-15(3)10-11-16-8-6-5-7-9-16/h5-11,14,17,29H,12-13H2,1-4H3,(H,23,26)(H,24,30,31)/b11-10+,25-15-. The van der Waals surface area contributed by atoms with Crippen LogP contribution in [0.2, 0.25) is 0 Å². The van der Waals surface area contributed by atoms with Crippen molar-refractivity contribution >= 4 is 28.9 Å².